The van der Waals surface area contributed by atoms with Crippen LogP contribution in [0.15, 0.2) is 41.0 Å². The summed E-state index contributed by atoms with van der Waals surface area (Å²) in [7, 11) is 0. The largest absolute Gasteiger partial charge is 0.484 e. The maximum Gasteiger partial charge on any atom is 0.335 e. The summed E-state index contributed by atoms with van der Waals surface area (Å²) in [6.45, 7) is -0.201. The number of carbonyl (C=O) groups is 3. The van der Waals surface area contributed by atoms with Crippen molar-refractivity contribution in [3.63, 3.8) is 0 Å². The molecule has 0 spiro atoms. The molecule has 8 nitrogen and oxygen atoms in total. The Morgan fingerprint density at radius 1 is 1.09 bits per heavy atom. The third-order valence-electron chi connectivity index (χ3n) is 2.81. The first-order valence-electron chi connectivity index (χ1n) is 6.49. The van der Waals surface area contributed by atoms with Crippen LogP contribution in [-0.4, -0.2) is 34.7 Å². The molecule has 3 N–H and O–H groups in total. The molecule has 8 heteroatoms. The van der Waals surface area contributed by atoms with Gasteiger partial charge in [-0.15, -0.1) is 0 Å². The summed E-state index contributed by atoms with van der Waals surface area (Å²) in [5.74, 6) is -2.49. The van der Waals surface area contributed by atoms with Crippen LogP contribution in [0.2, 0.25) is 0 Å². The van der Waals surface area contributed by atoms with Crippen LogP contribution in [-0.2, 0) is 11.3 Å². The molecule has 1 aromatic heterocycles. The molecular formula is C15H13NO7. The summed E-state index contributed by atoms with van der Waals surface area (Å²) in [6, 6.07) is 6.68. The Kier molecular flexibility index (Phi) is 4.98. The molecule has 0 aliphatic carbocycles. The number of nitrogens with one attached hydrogen (secondary N) is 1. The highest BCUT2D eigenvalue weighted by Crippen LogP contribution is 2.17. The lowest BCUT2D eigenvalue weighted by molar-refractivity contribution is -0.123. The first-order chi connectivity index (χ1) is 11.0. The second-order valence-corrected chi connectivity index (χ2v) is 4.50. The fraction of sp³-hybridized carbons (Fsp3) is 0.133. The van der Waals surface area contributed by atoms with E-state index >= 15 is 0 Å². The van der Waals surface area contributed by atoms with Crippen molar-refractivity contribution in [1.29, 1.82) is 0 Å². The van der Waals surface area contributed by atoms with Gasteiger partial charge in [-0.1, -0.05) is 0 Å². The lowest BCUT2D eigenvalue weighted by Crippen LogP contribution is -2.28. The number of ether oxygens (including phenoxy) is 1. The average Bonchev–Trinajstić information content (AvgIpc) is 3.04. The van der Waals surface area contributed by atoms with E-state index in [9.17, 15) is 14.4 Å². The van der Waals surface area contributed by atoms with Crippen LogP contribution in [0.25, 0.3) is 0 Å². The SMILES string of the molecule is O=C(COc1cc(C(=O)O)cc(C(=O)O)c1)NCc1ccco1. The molecule has 1 aromatic carbocycles. The lowest BCUT2D eigenvalue weighted by Gasteiger charge is -2.08. The van der Waals surface area contributed by atoms with Gasteiger partial charge < -0.3 is 24.7 Å². The van der Waals surface area contributed by atoms with Crippen molar-refractivity contribution in [3.8, 4) is 5.75 Å². The number of carbonyl (C=O) groups excluding carboxylic acids is 1. The second-order valence-electron chi connectivity index (χ2n) is 4.50. The molecule has 120 valence electrons. The Morgan fingerprint density at radius 3 is 2.26 bits per heavy atom. The molecular weight excluding hydrogens is 306 g/mol. The average molecular weight is 319 g/mol. The maximum atomic E-state index is 11.6. The molecule has 2 aromatic rings. The highest BCUT2D eigenvalue weighted by Gasteiger charge is 2.13. The van der Waals surface area contributed by atoms with Gasteiger partial charge in [0.05, 0.1) is 23.9 Å². The molecule has 0 unspecified atom stereocenters. The quantitative estimate of drug-likeness (QED) is 0.703. The van der Waals surface area contributed by atoms with E-state index in [1.165, 1.54) is 6.26 Å². The first-order valence-corrected chi connectivity index (χ1v) is 6.49. The van der Waals surface area contributed by atoms with E-state index in [2.05, 4.69) is 5.32 Å². The molecule has 0 aliphatic heterocycles. The summed E-state index contributed by atoms with van der Waals surface area (Å²) >= 11 is 0. The summed E-state index contributed by atoms with van der Waals surface area (Å²) in [5, 5.41) is 20.4. The van der Waals surface area contributed by atoms with Gasteiger partial charge in [-0.05, 0) is 30.3 Å². The number of carboxylic acids is 2. The zero-order valence-electron chi connectivity index (χ0n) is 11.8. The molecule has 1 heterocycles. The zero-order chi connectivity index (χ0) is 16.8. The topological polar surface area (TPSA) is 126 Å². The van der Waals surface area contributed by atoms with E-state index in [0.717, 1.165) is 18.2 Å². The third kappa shape index (κ3) is 4.60. The van der Waals surface area contributed by atoms with Gasteiger partial charge in [0.1, 0.15) is 11.5 Å². The van der Waals surface area contributed by atoms with Crippen LogP contribution >= 0.6 is 0 Å². The van der Waals surface area contributed by atoms with E-state index in [1.807, 2.05) is 0 Å². The van der Waals surface area contributed by atoms with Crippen molar-refractivity contribution in [2.75, 3.05) is 6.61 Å². The minimum atomic E-state index is -1.29. The van der Waals surface area contributed by atoms with Crippen LogP contribution in [0.3, 0.4) is 0 Å². The minimum Gasteiger partial charge on any atom is -0.484 e. The Hall–Kier alpha value is -3.29. The standard InChI is InChI=1S/C15H13NO7/c17-13(16-7-11-2-1-3-22-11)8-23-12-5-9(14(18)19)4-10(6-12)15(20)21/h1-6H,7-8H2,(H,16,17)(H,18,19)(H,20,21). The summed E-state index contributed by atoms with van der Waals surface area (Å²) in [4.78, 5) is 33.6. The number of carboxylic acid groups (broad SMARTS) is 2. The minimum absolute atomic E-state index is 0.0181. The summed E-state index contributed by atoms with van der Waals surface area (Å²) < 4.78 is 10.2. The number of benzene rings is 1. The van der Waals surface area contributed by atoms with Gasteiger partial charge in [0.2, 0.25) is 0 Å². The van der Waals surface area contributed by atoms with Gasteiger partial charge >= 0.3 is 11.9 Å². The Morgan fingerprint density at radius 2 is 1.74 bits per heavy atom. The second kappa shape index (κ2) is 7.12. The molecule has 1 amide bonds. The van der Waals surface area contributed by atoms with Crippen molar-refractivity contribution < 1.29 is 33.8 Å². The molecule has 0 fully saturated rings. The number of furan rings is 1. The Balaban J connectivity index is 1.97. The maximum absolute atomic E-state index is 11.6. The van der Waals surface area contributed by atoms with Crippen molar-refractivity contribution in [3.05, 3.63) is 53.5 Å². The normalized spacial score (nSPS) is 10.1. The van der Waals surface area contributed by atoms with Crippen LogP contribution in [0.4, 0.5) is 0 Å². The van der Waals surface area contributed by atoms with Crippen molar-refractivity contribution >= 4 is 17.8 Å². The predicted octanol–water partition coefficient (Wildman–Crippen LogP) is 1.37. The fourth-order valence-corrected chi connectivity index (χ4v) is 1.73. The van der Waals surface area contributed by atoms with Crippen molar-refractivity contribution in [2.24, 2.45) is 0 Å². The Labute approximate surface area is 130 Å². The van der Waals surface area contributed by atoms with Crippen molar-refractivity contribution in [2.45, 2.75) is 6.54 Å². The number of aromatic carboxylic acids is 2. The van der Waals surface area contributed by atoms with E-state index in [0.29, 0.717) is 5.76 Å². The lowest BCUT2D eigenvalue weighted by atomic mass is 10.1. The van der Waals surface area contributed by atoms with Crippen LogP contribution < -0.4 is 10.1 Å². The molecule has 0 radical (unpaired) electrons. The van der Waals surface area contributed by atoms with Crippen LogP contribution in [0, 0.1) is 0 Å². The molecule has 2 rings (SSSR count). The van der Waals surface area contributed by atoms with Crippen LogP contribution in [0.5, 0.6) is 5.75 Å². The monoisotopic (exact) mass is 319 g/mol. The predicted molar refractivity (Wildman–Crippen MR) is 76.4 cm³/mol. The van der Waals surface area contributed by atoms with E-state index in [-0.39, 0.29) is 30.0 Å². The number of rotatable bonds is 7. The zero-order valence-corrected chi connectivity index (χ0v) is 11.8. The smallest absolute Gasteiger partial charge is 0.335 e. The molecule has 0 aliphatic rings. The highest BCUT2D eigenvalue weighted by molar-refractivity contribution is 5.94. The Bertz CT molecular complexity index is 689. The fourth-order valence-electron chi connectivity index (χ4n) is 1.73. The van der Waals surface area contributed by atoms with E-state index in [4.69, 9.17) is 19.4 Å². The molecule has 0 atom stereocenters. The van der Waals surface area contributed by atoms with E-state index in [1.54, 1.807) is 12.1 Å². The number of amides is 1. The van der Waals surface area contributed by atoms with E-state index < -0.39 is 17.8 Å². The molecule has 23 heavy (non-hydrogen) atoms. The molecule has 0 saturated carbocycles. The number of hydrogen-bond acceptors (Lipinski definition) is 5. The summed E-state index contributed by atoms with van der Waals surface area (Å²) in [5.41, 5.74) is -0.480. The molecule has 0 bridgehead atoms. The number of hydrogen-bond donors (Lipinski definition) is 3. The van der Waals surface area contributed by atoms with Gasteiger partial charge in [0.25, 0.3) is 5.91 Å². The highest BCUT2D eigenvalue weighted by atomic mass is 16.5. The van der Waals surface area contributed by atoms with Crippen molar-refractivity contribution in [1.82, 2.24) is 5.32 Å². The van der Waals surface area contributed by atoms with Crippen LogP contribution in [0.1, 0.15) is 26.5 Å². The van der Waals surface area contributed by atoms with Gasteiger partial charge in [-0.2, -0.15) is 0 Å². The third-order valence-corrected chi connectivity index (χ3v) is 2.81. The first kappa shape index (κ1) is 16.1. The van der Waals surface area contributed by atoms with Gasteiger partial charge in [0.15, 0.2) is 6.61 Å². The van der Waals surface area contributed by atoms with Gasteiger partial charge in [-0.3, -0.25) is 4.79 Å². The molecule has 0 saturated heterocycles. The van der Waals surface area contributed by atoms with Gasteiger partial charge in [0, 0.05) is 0 Å². The summed E-state index contributed by atoms with van der Waals surface area (Å²) in [6.07, 6.45) is 1.48. The van der Waals surface area contributed by atoms with Gasteiger partial charge in [-0.25, -0.2) is 9.59 Å².